The van der Waals surface area contributed by atoms with Gasteiger partial charge in [0.1, 0.15) is 5.82 Å². The van der Waals surface area contributed by atoms with Gasteiger partial charge in [0, 0.05) is 18.0 Å². The molecule has 1 heterocycles. The SMILES string of the molecule is CCC(CC)c1cnc(-c2cc(F)ccc2C(=O)O)nc1. The number of aromatic carboxylic acids is 1. The summed E-state index contributed by atoms with van der Waals surface area (Å²) < 4.78 is 13.4. The van der Waals surface area contributed by atoms with Crippen molar-refractivity contribution in [2.24, 2.45) is 0 Å². The Hall–Kier alpha value is -2.30. The van der Waals surface area contributed by atoms with Gasteiger partial charge in [-0.3, -0.25) is 0 Å². The molecule has 0 atom stereocenters. The first-order chi connectivity index (χ1) is 10.1. The molecular weight excluding hydrogens is 271 g/mol. The summed E-state index contributed by atoms with van der Waals surface area (Å²) in [5.41, 5.74) is 1.20. The van der Waals surface area contributed by atoms with Crippen molar-refractivity contribution in [3.8, 4) is 11.4 Å². The molecule has 1 aromatic heterocycles. The number of hydrogen-bond acceptors (Lipinski definition) is 3. The molecule has 21 heavy (non-hydrogen) atoms. The molecule has 0 saturated heterocycles. The van der Waals surface area contributed by atoms with Gasteiger partial charge >= 0.3 is 5.97 Å². The van der Waals surface area contributed by atoms with Gasteiger partial charge in [0.05, 0.1) is 5.56 Å². The first kappa shape index (κ1) is 15.1. The van der Waals surface area contributed by atoms with E-state index in [1.54, 1.807) is 12.4 Å². The summed E-state index contributed by atoms with van der Waals surface area (Å²) in [6.07, 6.45) is 5.35. The average Bonchev–Trinajstić information content (AvgIpc) is 2.49. The Balaban J connectivity index is 2.43. The van der Waals surface area contributed by atoms with Crippen LogP contribution >= 0.6 is 0 Å². The van der Waals surface area contributed by atoms with Crippen LogP contribution in [0.3, 0.4) is 0 Å². The molecule has 0 spiro atoms. The van der Waals surface area contributed by atoms with Gasteiger partial charge in [0.2, 0.25) is 0 Å². The van der Waals surface area contributed by atoms with Gasteiger partial charge in [-0.25, -0.2) is 19.2 Å². The van der Waals surface area contributed by atoms with Gasteiger partial charge in [-0.15, -0.1) is 0 Å². The number of hydrogen-bond donors (Lipinski definition) is 1. The molecule has 0 bridgehead atoms. The summed E-state index contributed by atoms with van der Waals surface area (Å²) >= 11 is 0. The molecule has 110 valence electrons. The number of benzene rings is 1. The molecule has 0 amide bonds. The van der Waals surface area contributed by atoms with E-state index in [0.29, 0.717) is 5.92 Å². The van der Waals surface area contributed by atoms with E-state index in [0.717, 1.165) is 30.5 Å². The van der Waals surface area contributed by atoms with Crippen LogP contribution in [0.5, 0.6) is 0 Å². The summed E-state index contributed by atoms with van der Waals surface area (Å²) in [6, 6.07) is 3.49. The zero-order valence-electron chi connectivity index (χ0n) is 12.0. The standard InChI is InChI=1S/C16H17FN2O2/c1-3-10(4-2)11-8-18-15(19-9-11)14-7-12(17)5-6-13(14)16(20)21/h5-10H,3-4H2,1-2H3,(H,20,21). The molecule has 2 aromatic rings. The van der Waals surface area contributed by atoms with Crippen molar-refractivity contribution in [2.45, 2.75) is 32.6 Å². The van der Waals surface area contributed by atoms with E-state index in [-0.39, 0.29) is 17.0 Å². The van der Waals surface area contributed by atoms with E-state index < -0.39 is 11.8 Å². The van der Waals surface area contributed by atoms with Crippen molar-refractivity contribution in [3.05, 3.63) is 47.5 Å². The number of rotatable bonds is 5. The number of nitrogens with zero attached hydrogens (tertiary/aromatic N) is 2. The van der Waals surface area contributed by atoms with E-state index >= 15 is 0 Å². The largest absolute Gasteiger partial charge is 0.478 e. The number of aromatic nitrogens is 2. The van der Waals surface area contributed by atoms with Crippen molar-refractivity contribution in [1.82, 2.24) is 9.97 Å². The lowest BCUT2D eigenvalue weighted by Crippen LogP contribution is -2.04. The fourth-order valence-electron chi connectivity index (χ4n) is 2.34. The second-order valence-corrected chi connectivity index (χ2v) is 4.85. The van der Waals surface area contributed by atoms with Gasteiger partial charge in [0.25, 0.3) is 0 Å². The second kappa shape index (κ2) is 6.43. The van der Waals surface area contributed by atoms with E-state index in [2.05, 4.69) is 23.8 Å². The molecule has 4 nitrogen and oxygen atoms in total. The molecule has 1 aromatic carbocycles. The smallest absolute Gasteiger partial charge is 0.336 e. The molecule has 0 aliphatic rings. The Bertz CT molecular complexity index is 637. The zero-order chi connectivity index (χ0) is 15.4. The molecule has 0 aliphatic carbocycles. The van der Waals surface area contributed by atoms with E-state index in [1.165, 1.54) is 6.07 Å². The molecule has 0 aliphatic heterocycles. The van der Waals surface area contributed by atoms with Crippen molar-refractivity contribution in [1.29, 1.82) is 0 Å². The van der Waals surface area contributed by atoms with Crippen LogP contribution in [0.25, 0.3) is 11.4 Å². The Labute approximate surface area is 122 Å². The van der Waals surface area contributed by atoms with Gasteiger partial charge in [-0.05, 0) is 42.5 Å². The van der Waals surface area contributed by atoms with Gasteiger partial charge in [0.15, 0.2) is 5.82 Å². The maximum atomic E-state index is 13.4. The Morgan fingerprint density at radius 3 is 2.38 bits per heavy atom. The highest BCUT2D eigenvalue weighted by atomic mass is 19.1. The van der Waals surface area contributed by atoms with Crippen molar-refractivity contribution >= 4 is 5.97 Å². The van der Waals surface area contributed by atoms with Crippen LogP contribution in [0.4, 0.5) is 4.39 Å². The Morgan fingerprint density at radius 1 is 1.24 bits per heavy atom. The second-order valence-electron chi connectivity index (χ2n) is 4.85. The maximum absolute atomic E-state index is 13.4. The van der Waals surface area contributed by atoms with Gasteiger partial charge in [-0.1, -0.05) is 13.8 Å². The predicted octanol–water partition coefficient (Wildman–Crippen LogP) is 3.88. The highest BCUT2D eigenvalue weighted by Crippen LogP contribution is 2.25. The lowest BCUT2D eigenvalue weighted by atomic mass is 9.96. The topological polar surface area (TPSA) is 63.1 Å². The minimum absolute atomic E-state index is 0.00770. The van der Waals surface area contributed by atoms with Crippen LogP contribution in [-0.4, -0.2) is 21.0 Å². The monoisotopic (exact) mass is 288 g/mol. The lowest BCUT2D eigenvalue weighted by molar-refractivity contribution is 0.0697. The fraction of sp³-hybridized carbons (Fsp3) is 0.312. The molecule has 0 fully saturated rings. The maximum Gasteiger partial charge on any atom is 0.336 e. The lowest BCUT2D eigenvalue weighted by Gasteiger charge is -2.12. The predicted molar refractivity (Wildman–Crippen MR) is 77.7 cm³/mol. The van der Waals surface area contributed by atoms with Crippen LogP contribution in [0.15, 0.2) is 30.6 Å². The minimum atomic E-state index is -1.13. The number of carbonyl (C=O) groups is 1. The number of carboxylic acid groups (broad SMARTS) is 1. The van der Waals surface area contributed by atoms with E-state index in [9.17, 15) is 9.18 Å². The van der Waals surface area contributed by atoms with Crippen LogP contribution in [0.1, 0.15) is 48.5 Å². The fourth-order valence-corrected chi connectivity index (χ4v) is 2.34. The highest BCUT2D eigenvalue weighted by molar-refractivity contribution is 5.94. The first-order valence-electron chi connectivity index (χ1n) is 6.92. The summed E-state index contributed by atoms with van der Waals surface area (Å²) in [4.78, 5) is 19.6. The summed E-state index contributed by atoms with van der Waals surface area (Å²) in [5.74, 6) is -1.03. The van der Waals surface area contributed by atoms with Gasteiger partial charge < -0.3 is 5.11 Å². The summed E-state index contributed by atoms with van der Waals surface area (Å²) in [5, 5.41) is 9.16. The summed E-state index contributed by atoms with van der Waals surface area (Å²) in [7, 11) is 0. The quantitative estimate of drug-likeness (QED) is 0.906. The number of halogens is 1. The first-order valence-corrected chi connectivity index (χ1v) is 6.92. The molecule has 2 rings (SSSR count). The number of carboxylic acids is 1. The van der Waals surface area contributed by atoms with Crippen molar-refractivity contribution < 1.29 is 14.3 Å². The van der Waals surface area contributed by atoms with Crippen LogP contribution in [-0.2, 0) is 0 Å². The normalized spacial score (nSPS) is 10.9. The van der Waals surface area contributed by atoms with Crippen LogP contribution in [0.2, 0.25) is 0 Å². The van der Waals surface area contributed by atoms with Crippen LogP contribution in [0, 0.1) is 5.82 Å². The summed E-state index contributed by atoms with van der Waals surface area (Å²) in [6.45, 7) is 4.19. The Kier molecular flexibility index (Phi) is 4.62. The molecule has 5 heteroatoms. The van der Waals surface area contributed by atoms with Crippen molar-refractivity contribution in [2.75, 3.05) is 0 Å². The minimum Gasteiger partial charge on any atom is -0.478 e. The average molecular weight is 288 g/mol. The molecule has 1 N–H and O–H groups in total. The molecule has 0 radical (unpaired) electrons. The van der Waals surface area contributed by atoms with E-state index in [4.69, 9.17) is 5.11 Å². The molecular formula is C16H17FN2O2. The third-order valence-electron chi connectivity index (χ3n) is 3.58. The zero-order valence-corrected chi connectivity index (χ0v) is 12.0. The van der Waals surface area contributed by atoms with Gasteiger partial charge in [-0.2, -0.15) is 0 Å². The van der Waals surface area contributed by atoms with Crippen molar-refractivity contribution in [3.63, 3.8) is 0 Å². The van der Waals surface area contributed by atoms with Crippen LogP contribution < -0.4 is 0 Å². The highest BCUT2D eigenvalue weighted by Gasteiger charge is 2.15. The molecule has 0 unspecified atom stereocenters. The van der Waals surface area contributed by atoms with E-state index in [1.807, 2.05) is 0 Å². The third kappa shape index (κ3) is 3.24. The molecule has 0 saturated carbocycles. The Morgan fingerprint density at radius 2 is 1.86 bits per heavy atom. The third-order valence-corrected chi connectivity index (χ3v) is 3.58.